The van der Waals surface area contributed by atoms with Crippen molar-refractivity contribution in [1.82, 2.24) is 15.0 Å². The van der Waals surface area contributed by atoms with Crippen LogP contribution in [0.2, 0.25) is 0 Å². The van der Waals surface area contributed by atoms with E-state index in [1.54, 1.807) is 0 Å². The van der Waals surface area contributed by atoms with Gasteiger partial charge in [0.1, 0.15) is 16.4 Å². The Morgan fingerprint density at radius 2 is 2.27 bits per heavy atom. The van der Waals surface area contributed by atoms with Crippen molar-refractivity contribution in [2.75, 3.05) is 12.8 Å². The van der Waals surface area contributed by atoms with Gasteiger partial charge in [0, 0.05) is 0 Å². The number of rotatable bonds is 2. The highest BCUT2D eigenvalue weighted by Gasteiger charge is 2.16. The Morgan fingerprint density at radius 1 is 1.47 bits per heavy atom. The first kappa shape index (κ1) is 9.91. The summed E-state index contributed by atoms with van der Waals surface area (Å²) in [5.74, 6) is 0.799. The average molecular weight is 271 g/mol. The molecule has 2 aromatic heterocycles. The van der Waals surface area contributed by atoms with Crippen molar-refractivity contribution in [3.8, 4) is 17.5 Å². The molecule has 7 heteroatoms. The van der Waals surface area contributed by atoms with E-state index in [9.17, 15) is 0 Å². The number of oxazole rings is 1. The smallest absolute Gasteiger partial charge is 0.246 e. The zero-order valence-corrected chi connectivity index (χ0v) is 9.35. The van der Waals surface area contributed by atoms with Crippen molar-refractivity contribution in [1.29, 1.82) is 0 Å². The molecule has 0 aliphatic heterocycles. The molecule has 0 radical (unpaired) electrons. The first-order valence-corrected chi connectivity index (χ1v) is 4.78. The number of aromatic nitrogens is 3. The molecule has 0 bridgehead atoms. The standard InChI is InChI=1S/C8H7BrN4O2/c1-14-6-4(9)5(12-8(10)13-6)7-11-2-3-15-7/h2-3H,1H3,(H2,10,12,13). The van der Waals surface area contributed by atoms with Gasteiger partial charge in [-0.1, -0.05) is 0 Å². The Morgan fingerprint density at radius 3 is 2.87 bits per heavy atom. The molecule has 0 amide bonds. The number of halogens is 1. The maximum atomic E-state index is 5.52. The number of nitrogens with two attached hydrogens (primary N) is 1. The molecule has 6 nitrogen and oxygen atoms in total. The van der Waals surface area contributed by atoms with Crippen LogP contribution in [0.15, 0.2) is 21.3 Å². The first-order valence-electron chi connectivity index (χ1n) is 3.99. The van der Waals surface area contributed by atoms with Gasteiger partial charge in [0.05, 0.1) is 13.3 Å². The largest absolute Gasteiger partial charge is 0.480 e. The number of nitrogens with zero attached hydrogens (tertiary/aromatic N) is 3. The summed E-state index contributed by atoms with van der Waals surface area (Å²) in [4.78, 5) is 11.9. The van der Waals surface area contributed by atoms with Gasteiger partial charge in [-0.05, 0) is 15.9 Å². The van der Waals surface area contributed by atoms with Crippen LogP contribution in [0.3, 0.4) is 0 Å². The molecule has 2 N–H and O–H groups in total. The Labute approximate surface area is 93.6 Å². The monoisotopic (exact) mass is 270 g/mol. The maximum Gasteiger partial charge on any atom is 0.246 e. The number of anilines is 1. The molecule has 0 aliphatic carbocycles. The second-order valence-electron chi connectivity index (χ2n) is 2.59. The highest BCUT2D eigenvalue weighted by molar-refractivity contribution is 9.10. The molecule has 0 saturated heterocycles. The SMILES string of the molecule is COc1nc(N)nc(-c2ncco2)c1Br. The van der Waals surface area contributed by atoms with Gasteiger partial charge >= 0.3 is 0 Å². The quantitative estimate of drug-likeness (QED) is 0.890. The van der Waals surface area contributed by atoms with Gasteiger partial charge in [0.25, 0.3) is 0 Å². The van der Waals surface area contributed by atoms with Gasteiger partial charge in [-0.2, -0.15) is 4.98 Å². The third-order valence-electron chi connectivity index (χ3n) is 1.67. The van der Waals surface area contributed by atoms with Crippen LogP contribution in [0.1, 0.15) is 0 Å². The number of nitrogen functional groups attached to an aromatic ring is 1. The summed E-state index contributed by atoms with van der Waals surface area (Å²) in [5, 5.41) is 0. The zero-order valence-electron chi connectivity index (χ0n) is 7.77. The molecule has 0 fully saturated rings. The van der Waals surface area contributed by atoms with E-state index in [4.69, 9.17) is 14.9 Å². The lowest BCUT2D eigenvalue weighted by Gasteiger charge is -2.05. The molecule has 0 spiro atoms. The summed E-state index contributed by atoms with van der Waals surface area (Å²) >= 11 is 3.29. The molecule has 0 unspecified atom stereocenters. The van der Waals surface area contributed by atoms with Gasteiger partial charge in [0.15, 0.2) is 0 Å². The Kier molecular flexibility index (Phi) is 2.55. The van der Waals surface area contributed by atoms with Crippen molar-refractivity contribution < 1.29 is 9.15 Å². The third kappa shape index (κ3) is 1.78. The fourth-order valence-corrected chi connectivity index (χ4v) is 1.57. The van der Waals surface area contributed by atoms with Crippen LogP contribution in [-0.2, 0) is 0 Å². The van der Waals surface area contributed by atoms with Gasteiger partial charge < -0.3 is 14.9 Å². The van der Waals surface area contributed by atoms with Crippen LogP contribution in [0.25, 0.3) is 11.6 Å². The predicted octanol–water partition coefficient (Wildman–Crippen LogP) is 1.48. The van der Waals surface area contributed by atoms with Crippen LogP contribution in [-0.4, -0.2) is 22.1 Å². The molecule has 0 atom stereocenters. The summed E-state index contributed by atoms with van der Waals surface area (Å²) in [6.45, 7) is 0. The fourth-order valence-electron chi connectivity index (χ4n) is 1.06. The molecule has 2 aromatic rings. The van der Waals surface area contributed by atoms with Crippen molar-refractivity contribution in [2.24, 2.45) is 0 Å². The van der Waals surface area contributed by atoms with Crippen LogP contribution in [0, 0.1) is 0 Å². The minimum Gasteiger partial charge on any atom is -0.480 e. The fraction of sp³-hybridized carbons (Fsp3) is 0.125. The number of ether oxygens (including phenoxy) is 1. The normalized spacial score (nSPS) is 10.3. The molecular formula is C8H7BrN4O2. The lowest BCUT2D eigenvalue weighted by atomic mass is 10.4. The number of methoxy groups -OCH3 is 1. The van der Waals surface area contributed by atoms with Gasteiger partial charge in [0.2, 0.25) is 17.7 Å². The summed E-state index contributed by atoms with van der Waals surface area (Å²) < 4.78 is 10.7. The number of hydrogen-bond acceptors (Lipinski definition) is 6. The van der Waals surface area contributed by atoms with E-state index in [2.05, 4.69) is 30.9 Å². The molecule has 0 aliphatic rings. The summed E-state index contributed by atoms with van der Waals surface area (Å²) in [5.41, 5.74) is 5.98. The molecular weight excluding hydrogens is 264 g/mol. The lowest BCUT2D eigenvalue weighted by Crippen LogP contribution is -2.01. The Hall–Kier alpha value is -1.63. The summed E-state index contributed by atoms with van der Waals surface area (Å²) in [6, 6.07) is 0. The van der Waals surface area contributed by atoms with E-state index in [0.717, 1.165) is 0 Å². The maximum absolute atomic E-state index is 5.52. The van der Waals surface area contributed by atoms with Gasteiger partial charge in [-0.3, -0.25) is 0 Å². The highest BCUT2D eigenvalue weighted by Crippen LogP contribution is 2.32. The van der Waals surface area contributed by atoms with E-state index in [1.807, 2.05) is 0 Å². The van der Waals surface area contributed by atoms with Crippen molar-refractivity contribution in [3.63, 3.8) is 0 Å². The molecule has 0 saturated carbocycles. The van der Waals surface area contributed by atoms with Crippen molar-refractivity contribution in [2.45, 2.75) is 0 Å². The van der Waals surface area contributed by atoms with Crippen LogP contribution < -0.4 is 10.5 Å². The topological polar surface area (TPSA) is 87.1 Å². The third-order valence-corrected chi connectivity index (χ3v) is 2.38. The minimum atomic E-state index is 0.100. The second-order valence-corrected chi connectivity index (χ2v) is 3.38. The Balaban J connectivity index is 2.61. The molecule has 15 heavy (non-hydrogen) atoms. The van der Waals surface area contributed by atoms with Gasteiger partial charge in [-0.15, -0.1) is 0 Å². The van der Waals surface area contributed by atoms with Crippen LogP contribution in [0.4, 0.5) is 5.95 Å². The molecule has 0 aromatic carbocycles. The zero-order chi connectivity index (χ0) is 10.8. The van der Waals surface area contributed by atoms with E-state index < -0.39 is 0 Å². The Bertz CT molecular complexity index is 472. The summed E-state index contributed by atoms with van der Waals surface area (Å²) in [6.07, 6.45) is 2.97. The predicted molar refractivity (Wildman–Crippen MR) is 56.2 cm³/mol. The average Bonchev–Trinajstić information content (AvgIpc) is 2.74. The van der Waals surface area contributed by atoms with E-state index in [-0.39, 0.29) is 5.95 Å². The van der Waals surface area contributed by atoms with E-state index >= 15 is 0 Å². The van der Waals surface area contributed by atoms with Crippen LogP contribution >= 0.6 is 15.9 Å². The van der Waals surface area contributed by atoms with Crippen molar-refractivity contribution in [3.05, 3.63) is 16.9 Å². The highest BCUT2D eigenvalue weighted by atomic mass is 79.9. The van der Waals surface area contributed by atoms with E-state index in [1.165, 1.54) is 19.6 Å². The molecule has 78 valence electrons. The van der Waals surface area contributed by atoms with Gasteiger partial charge in [-0.25, -0.2) is 9.97 Å². The molecule has 2 rings (SSSR count). The minimum absolute atomic E-state index is 0.100. The summed E-state index contributed by atoms with van der Waals surface area (Å²) in [7, 11) is 1.49. The first-order chi connectivity index (χ1) is 7.22. The molecule has 2 heterocycles. The van der Waals surface area contributed by atoms with E-state index in [0.29, 0.717) is 21.9 Å². The number of hydrogen-bond donors (Lipinski definition) is 1. The van der Waals surface area contributed by atoms with Crippen molar-refractivity contribution >= 4 is 21.9 Å². The van der Waals surface area contributed by atoms with Crippen LogP contribution in [0.5, 0.6) is 5.88 Å². The second kappa shape index (κ2) is 3.85. The lowest BCUT2D eigenvalue weighted by molar-refractivity contribution is 0.394.